The normalized spacial score (nSPS) is 29.4. The molecule has 2 aliphatic carbocycles. The summed E-state index contributed by atoms with van der Waals surface area (Å²) in [5.41, 5.74) is 8.24. The molecular formula is C15H23Cl2N3O. The summed E-state index contributed by atoms with van der Waals surface area (Å²) in [5, 5.41) is 3.02. The van der Waals surface area contributed by atoms with Crippen molar-refractivity contribution in [2.45, 2.75) is 38.8 Å². The number of hydrogen-bond acceptors (Lipinski definition) is 3. The van der Waals surface area contributed by atoms with Crippen LogP contribution in [0.1, 0.15) is 30.5 Å². The molecule has 2 saturated carbocycles. The van der Waals surface area contributed by atoms with Gasteiger partial charge in [0.15, 0.2) is 0 Å². The van der Waals surface area contributed by atoms with Crippen LogP contribution in [-0.4, -0.2) is 16.9 Å². The van der Waals surface area contributed by atoms with Crippen molar-refractivity contribution in [3.63, 3.8) is 0 Å². The van der Waals surface area contributed by atoms with Crippen LogP contribution in [0.15, 0.2) is 18.3 Å². The van der Waals surface area contributed by atoms with E-state index in [1.165, 1.54) is 12.8 Å². The largest absolute Gasteiger partial charge is 0.350 e. The highest BCUT2D eigenvalue weighted by atomic mass is 35.5. The van der Waals surface area contributed by atoms with Crippen LogP contribution in [0.4, 0.5) is 0 Å². The van der Waals surface area contributed by atoms with Crippen LogP contribution in [0.2, 0.25) is 0 Å². The van der Waals surface area contributed by atoms with E-state index in [1.54, 1.807) is 6.20 Å². The third-order valence-electron chi connectivity index (χ3n) is 4.83. The minimum atomic E-state index is 0. The maximum absolute atomic E-state index is 12.3. The third kappa shape index (κ3) is 3.50. The highest BCUT2D eigenvalue weighted by Gasteiger charge is 2.48. The predicted molar refractivity (Wildman–Crippen MR) is 87.6 cm³/mol. The van der Waals surface area contributed by atoms with Crippen LogP contribution in [0.25, 0.3) is 0 Å². The smallest absolute Gasteiger partial charge is 0.225 e. The molecule has 4 atom stereocenters. The van der Waals surface area contributed by atoms with Crippen molar-refractivity contribution >= 4 is 30.7 Å². The lowest BCUT2D eigenvalue weighted by atomic mass is 9.84. The number of rotatable bonds is 3. The number of amides is 1. The molecule has 4 unspecified atom stereocenters. The molecule has 21 heavy (non-hydrogen) atoms. The lowest BCUT2D eigenvalue weighted by Crippen LogP contribution is -2.45. The van der Waals surface area contributed by atoms with Crippen LogP contribution >= 0.6 is 24.8 Å². The molecule has 0 aliphatic heterocycles. The van der Waals surface area contributed by atoms with Crippen molar-refractivity contribution < 1.29 is 4.79 Å². The number of pyridine rings is 1. The van der Waals surface area contributed by atoms with Crippen LogP contribution in [0, 0.1) is 24.7 Å². The number of nitrogens with one attached hydrogen (secondary N) is 1. The fraction of sp³-hybridized carbons (Fsp3) is 0.600. The van der Waals surface area contributed by atoms with E-state index in [0.717, 1.165) is 17.7 Å². The quantitative estimate of drug-likeness (QED) is 0.892. The van der Waals surface area contributed by atoms with Gasteiger partial charge >= 0.3 is 0 Å². The molecule has 0 aromatic carbocycles. The average molecular weight is 332 g/mol. The number of fused-ring (bicyclic) bond motifs is 2. The monoisotopic (exact) mass is 331 g/mol. The zero-order chi connectivity index (χ0) is 13.4. The van der Waals surface area contributed by atoms with E-state index >= 15 is 0 Å². The van der Waals surface area contributed by atoms with E-state index < -0.39 is 0 Å². The van der Waals surface area contributed by atoms with Gasteiger partial charge in [-0.3, -0.25) is 9.78 Å². The lowest BCUT2D eigenvalue weighted by Gasteiger charge is -2.27. The summed E-state index contributed by atoms with van der Waals surface area (Å²) in [6.07, 6.45) is 5.27. The van der Waals surface area contributed by atoms with E-state index in [0.29, 0.717) is 18.4 Å². The Bertz CT molecular complexity index is 496. The zero-order valence-corrected chi connectivity index (χ0v) is 13.8. The molecule has 0 radical (unpaired) electrons. The topological polar surface area (TPSA) is 68.0 Å². The maximum atomic E-state index is 12.3. The Morgan fingerprint density at radius 2 is 2.10 bits per heavy atom. The number of aromatic nitrogens is 1. The highest BCUT2D eigenvalue weighted by Crippen LogP contribution is 2.47. The molecule has 1 aromatic rings. The van der Waals surface area contributed by atoms with Gasteiger partial charge in [-0.05, 0) is 49.7 Å². The fourth-order valence-corrected chi connectivity index (χ4v) is 3.72. The Hall–Kier alpha value is -0.840. The van der Waals surface area contributed by atoms with Crippen molar-refractivity contribution in [2.75, 3.05) is 0 Å². The van der Waals surface area contributed by atoms with Gasteiger partial charge in [-0.25, -0.2) is 0 Å². The molecule has 2 aliphatic rings. The Balaban J connectivity index is 0.00000110. The summed E-state index contributed by atoms with van der Waals surface area (Å²) in [7, 11) is 0. The van der Waals surface area contributed by atoms with Crippen LogP contribution in [-0.2, 0) is 11.3 Å². The maximum Gasteiger partial charge on any atom is 0.225 e. The molecule has 2 bridgehead atoms. The van der Waals surface area contributed by atoms with Crippen molar-refractivity contribution in [1.82, 2.24) is 10.3 Å². The first-order valence-electron chi connectivity index (χ1n) is 7.10. The van der Waals surface area contributed by atoms with Gasteiger partial charge < -0.3 is 11.1 Å². The Morgan fingerprint density at radius 1 is 1.38 bits per heavy atom. The molecule has 1 aromatic heterocycles. The molecule has 1 amide bonds. The molecule has 3 N–H and O–H groups in total. The predicted octanol–water partition coefficient (Wildman–Crippen LogP) is 2.22. The van der Waals surface area contributed by atoms with Crippen molar-refractivity contribution in [3.8, 4) is 0 Å². The number of halogens is 2. The molecule has 3 rings (SSSR count). The molecule has 118 valence electrons. The SMILES string of the molecule is Cc1cccnc1CNC(=O)C1C2CCC(C2)C1N.Cl.Cl. The summed E-state index contributed by atoms with van der Waals surface area (Å²) < 4.78 is 0. The van der Waals surface area contributed by atoms with Crippen molar-refractivity contribution in [3.05, 3.63) is 29.6 Å². The second-order valence-corrected chi connectivity index (χ2v) is 5.92. The van der Waals surface area contributed by atoms with Gasteiger partial charge in [0.25, 0.3) is 0 Å². The minimum Gasteiger partial charge on any atom is -0.350 e. The number of nitrogens with zero attached hydrogens (tertiary/aromatic N) is 1. The standard InChI is InChI=1S/C15H21N3O.2ClH/c1-9-3-2-6-17-12(9)8-18-15(19)13-10-4-5-11(7-10)14(13)16;;/h2-3,6,10-11,13-14H,4-5,7-8,16H2,1H3,(H,18,19);2*1H. The first kappa shape index (κ1) is 18.2. The van der Waals surface area contributed by atoms with Gasteiger partial charge in [0.1, 0.15) is 0 Å². The number of carbonyl (C=O) groups excluding carboxylic acids is 1. The van der Waals surface area contributed by atoms with E-state index in [2.05, 4.69) is 10.3 Å². The summed E-state index contributed by atoms with van der Waals surface area (Å²) in [4.78, 5) is 16.6. The third-order valence-corrected chi connectivity index (χ3v) is 4.83. The summed E-state index contributed by atoms with van der Waals surface area (Å²) in [5.74, 6) is 1.20. The second-order valence-electron chi connectivity index (χ2n) is 5.92. The van der Waals surface area contributed by atoms with Gasteiger partial charge in [-0.2, -0.15) is 0 Å². The second kappa shape index (κ2) is 7.43. The van der Waals surface area contributed by atoms with E-state index in [4.69, 9.17) is 5.73 Å². The molecule has 1 heterocycles. The molecule has 0 saturated heterocycles. The van der Waals surface area contributed by atoms with E-state index in [-0.39, 0.29) is 42.7 Å². The first-order chi connectivity index (χ1) is 9.16. The Labute approximate surface area is 138 Å². The average Bonchev–Trinajstić information content (AvgIpc) is 2.98. The number of nitrogens with two attached hydrogens (primary N) is 1. The minimum absolute atomic E-state index is 0. The van der Waals surface area contributed by atoms with Crippen LogP contribution in [0.3, 0.4) is 0 Å². The highest BCUT2D eigenvalue weighted by molar-refractivity contribution is 5.85. The summed E-state index contributed by atoms with van der Waals surface area (Å²) in [6.45, 7) is 2.52. The molecule has 6 heteroatoms. The summed E-state index contributed by atoms with van der Waals surface area (Å²) >= 11 is 0. The summed E-state index contributed by atoms with van der Waals surface area (Å²) in [6, 6.07) is 3.98. The Kier molecular flexibility index (Phi) is 6.44. The molecule has 0 spiro atoms. The van der Waals surface area contributed by atoms with Gasteiger partial charge in [0, 0.05) is 12.2 Å². The van der Waals surface area contributed by atoms with Gasteiger partial charge in [0.05, 0.1) is 18.2 Å². The Morgan fingerprint density at radius 3 is 2.71 bits per heavy atom. The fourth-order valence-electron chi connectivity index (χ4n) is 3.72. The first-order valence-corrected chi connectivity index (χ1v) is 7.10. The van der Waals surface area contributed by atoms with Crippen LogP contribution in [0.5, 0.6) is 0 Å². The van der Waals surface area contributed by atoms with Crippen LogP contribution < -0.4 is 11.1 Å². The molecule has 2 fully saturated rings. The molecular weight excluding hydrogens is 309 g/mol. The van der Waals surface area contributed by atoms with Gasteiger partial charge in [0.2, 0.25) is 5.91 Å². The van der Waals surface area contributed by atoms with E-state index in [1.807, 2.05) is 19.1 Å². The van der Waals surface area contributed by atoms with Crippen molar-refractivity contribution in [2.24, 2.45) is 23.5 Å². The number of aryl methyl sites for hydroxylation is 1. The number of hydrogen-bond donors (Lipinski definition) is 2. The lowest BCUT2D eigenvalue weighted by molar-refractivity contribution is -0.127. The molecule has 4 nitrogen and oxygen atoms in total. The van der Waals surface area contributed by atoms with Crippen molar-refractivity contribution in [1.29, 1.82) is 0 Å². The zero-order valence-electron chi connectivity index (χ0n) is 12.1. The van der Waals surface area contributed by atoms with Gasteiger partial charge in [-0.1, -0.05) is 6.07 Å². The number of carbonyl (C=O) groups is 1. The van der Waals surface area contributed by atoms with Gasteiger partial charge in [-0.15, -0.1) is 24.8 Å². The van der Waals surface area contributed by atoms with E-state index in [9.17, 15) is 4.79 Å².